The van der Waals surface area contributed by atoms with E-state index >= 15 is 0 Å². The van der Waals surface area contributed by atoms with Crippen LogP contribution in [0, 0.1) is 0 Å². The van der Waals surface area contributed by atoms with Crippen LogP contribution in [-0.4, -0.2) is 0 Å². The number of furan rings is 1. The summed E-state index contributed by atoms with van der Waals surface area (Å²) in [6, 6.07) is -1.86. The summed E-state index contributed by atoms with van der Waals surface area (Å²) >= 11 is 0. The zero-order chi connectivity index (χ0) is 18.1. The van der Waals surface area contributed by atoms with Crippen LogP contribution in [0.4, 0.5) is 0 Å². The molecule has 0 bridgehead atoms. The number of rotatable bonds is 0. The third-order valence-electron chi connectivity index (χ3n) is 2.64. The van der Waals surface area contributed by atoms with Crippen molar-refractivity contribution in [3.63, 3.8) is 0 Å². The highest BCUT2D eigenvalue weighted by Crippen LogP contribution is 2.32. The minimum atomic E-state index is -0.550. The van der Waals surface area contributed by atoms with Crippen LogP contribution in [0.1, 0.15) is 35.9 Å². The zero-order valence-electron chi connectivity index (χ0n) is 16.9. The zero-order valence-corrected chi connectivity index (χ0v) is 9.91. The lowest BCUT2D eigenvalue weighted by Gasteiger charge is -2.18. The van der Waals surface area contributed by atoms with Crippen LogP contribution in [0.15, 0.2) is 46.7 Å². The van der Waals surface area contributed by atoms with Gasteiger partial charge >= 0.3 is 0 Å². The van der Waals surface area contributed by atoms with Gasteiger partial charge < -0.3 is 4.42 Å². The fraction of sp³-hybridized carbons (Fsp3) is 0.250. The van der Waals surface area contributed by atoms with E-state index in [9.17, 15) is 0 Å². The van der Waals surface area contributed by atoms with Crippen LogP contribution in [0.25, 0.3) is 21.9 Å². The molecule has 1 heteroatoms. The SMILES string of the molecule is [2H]c1c([2H])c([2H])c2c(oc3c([2H])c(C(C)(C)C)c([2H])c([2H])c32)c1[2H]. The largest absolute Gasteiger partial charge is 0.456 e. The van der Waals surface area contributed by atoms with Crippen LogP contribution in [0.2, 0.25) is 0 Å². The lowest BCUT2D eigenvalue weighted by Crippen LogP contribution is -2.10. The van der Waals surface area contributed by atoms with Crippen LogP contribution < -0.4 is 0 Å². The Morgan fingerprint density at radius 3 is 2.41 bits per heavy atom. The molecule has 1 heterocycles. The highest BCUT2D eigenvalue weighted by molar-refractivity contribution is 6.04. The van der Waals surface area contributed by atoms with E-state index in [1.165, 1.54) is 0 Å². The van der Waals surface area contributed by atoms with Crippen LogP contribution in [0.5, 0.6) is 0 Å². The molecule has 0 N–H and O–H groups in total. The van der Waals surface area contributed by atoms with Crippen molar-refractivity contribution in [1.29, 1.82) is 0 Å². The monoisotopic (exact) mass is 231 g/mol. The number of fused-ring (bicyclic) bond motifs is 3. The topological polar surface area (TPSA) is 13.1 Å². The van der Waals surface area contributed by atoms with E-state index in [2.05, 4.69) is 0 Å². The Balaban J connectivity index is 2.67. The van der Waals surface area contributed by atoms with E-state index < -0.39 is 17.5 Å². The summed E-state index contributed by atoms with van der Waals surface area (Å²) in [4.78, 5) is 0. The Morgan fingerprint density at radius 2 is 1.65 bits per heavy atom. The molecule has 0 unspecified atom stereocenters. The van der Waals surface area contributed by atoms with Crippen molar-refractivity contribution in [3.05, 3.63) is 47.9 Å². The quantitative estimate of drug-likeness (QED) is 0.537. The molecule has 0 atom stereocenters. The van der Waals surface area contributed by atoms with Crippen molar-refractivity contribution >= 4 is 21.9 Å². The number of para-hydroxylation sites is 1. The summed E-state index contributed by atoms with van der Waals surface area (Å²) in [5, 5.41) is 0.156. The Hall–Kier alpha value is -1.76. The van der Waals surface area contributed by atoms with Crippen LogP contribution in [-0.2, 0) is 5.41 Å². The summed E-state index contributed by atoms with van der Waals surface area (Å²) < 4.78 is 62.2. The maximum atomic E-state index is 8.40. The molecular weight excluding hydrogens is 208 g/mol. The molecule has 0 aliphatic carbocycles. The number of hydrogen-bond acceptors (Lipinski definition) is 1. The van der Waals surface area contributed by atoms with Crippen molar-refractivity contribution in [2.45, 2.75) is 26.2 Å². The van der Waals surface area contributed by atoms with Gasteiger partial charge in [-0.25, -0.2) is 0 Å². The molecule has 3 rings (SSSR count). The number of hydrogen-bond donors (Lipinski definition) is 0. The first-order chi connectivity index (χ1) is 11.0. The van der Waals surface area contributed by atoms with Gasteiger partial charge in [0.25, 0.3) is 0 Å². The Bertz CT molecular complexity index is 1010. The summed E-state index contributed by atoms with van der Waals surface area (Å²) in [5.41, 5.74) is -0.244. The summed E-state index contributed by atoms with van der Waals surface area (Å²) in [5.74, 6) is 0. The van der Waals surface area contributed by atoms with E-state index in [1.807, 2.05) is 20.8 Å². The maximum Gasteiger partial charge on any atom is 0.135 e. The van der Waals surface area contributed by atoms with E-state index in [0.717, 1.165) is 0 Å². The molecule has 1 aromatic heterocycles. The Morgan fingerprint density at radius 1 is 0.941 bits per heavy atom. The maximum absolute atomic E-state index is 8.40. The van der Waals surface area contributed by atoms with Gasteiger partial charge in [0.2, 0.25) is 0 Å². The van der Waals surface area contributed by atoms with Crippen molar-refractivity contribution in [2.75, 3.05) is 0 Å². The fourth-order valence-electron chi connectivity index (χ4n) is 1.67. The molecular formula is C16H16O. The smallest absolute Gasteiger partial charge is 0.135 e. The lowest BCUT2D eigenvalue weighted by atomic mass is 9.87. The molecule has 0 amide bonds. The van der Waals surface area contributed by atoms with Crippen molar-refractivity contribution in [1.82, 2.24) is 0 Å². The third kappa shape index (κ3) is 1.62. The predicted octanol–water partition coefficient (Wildman–Crippen LogP) is 4.88. The molecule has 0 aliphatic rings. The second-order valence-electron chi connectivity index (χ2n) is 5.01. The molecule has 0 saturated heterocycles. The van der Waals surface area contributed by atoms with Gasteiger partial charge in [-0.2, -0.15) is 0 Å². The van der Waals surface area contributed by atoms with Crippen molar-refractivity contribution in [2.24, 2.45) is 0 Å². The standard InChI is InChI=1S/C16H16O/c1-16(2,3)11-8-9-13-12-6-4-5-7-14(12)17-15(13)10-11/h4-10H,1-3H3/i4D,5D,6D,7D,8D,9D,10D. The average molecular weight is 231 g/mol. The second-order valence-corrected chi connectivity index (χ2v) is 5.01. The summed E-state index contributed by atoms with van der Waals surface area (Å²) in [6.07, 6.45) is 0. The van der Waals surface area contributed by atoms with Gasteiger partial charge in [-0.3, -0.25) is 0 Å². The first-order valence-corrected chi connectivity index (χ1v) is 5.41. The first kappa shape index (κ1) is 5.26. The van der Waals surface area contributed by atoms with Crippen molar-refractivity contribution < 1.29 is 14.0 Å². The molecule has 86 valence electrons. The Labute approximate surface area is 111 Å². The Kier molecular flexibility index (Phi) is 1.04. The van der Waals surface area contributed by atoms with Crippen LogP contribution >= 0.6 is 0 Å². The molecule has 17 heavy (non-hydrogen) atoms. The lowest BCUT2D eigenvalue weighted by molar-refractivity contribution is 0.587. The molecule has 0 saturated carbocycles. The number of benzene rings is 2. The minimum absolute atomic E-state index is 0.0305. The van der Waals surface area contributed by atoms with E-state index in [0.29, 0.717) is 5.56 Å². The van der Waals surface area contributed by atoms with E-state index in [-0.39, 0.29) is 52.2 Å². The van der Waals surface area contributed by atoms with Gasteiger partial charge in [-0.05, 0) is 23.1 Å². The molecule has 3 aromatic rings. The molecule has 0 aliphatic heterocycles. The fourth-order valence-corrected chi connectivity index (χ4v) is 1.67. The van der Waals surface area contributed by atoms with E-state index in [4.69, 9.17) is 14.0 Å². The van der Waals surface area contributed by atoms with Gasteiger partial charge in [0, 0.05) is 10.8 Å². The van der Waals surface area contributed by atoms with Crippen LogP contribution in [0.3, 0.4) is 0 Å². The highest BCUT2D eigenvalue weighted by atomic mass is 16.3. The average Bonchev–Trinajstić information content (AvgIpc) is 2.88. The molecule has 0 fully saturated rings. The molecule has 0 spiro atoms. The van der Waals surface area contributed by atoms with Gasteiger partial charge in [0.05, 0.1) is 9.60 Å². The highest BCUT2D eigenvalue weighted by Gasteiger charge is 2.15. The molecule has 1 nitrogen and oxygen atoms in total. The van der Waals surface area contributed by atoms with Gasteiger partial charge in [0.15, 0.2) is 0 Å². The summed E-state index contributed by atoms with van der Waals surface area (Å²) in [7, 11) is 0. The second kappa shape index (κ2) is 3.36. The third-order valence-corrected chi connectivity index (χ3v) is 2.64. The van der Waals surface area contributed by atoms with Gasteiger partial charge in [0.1, 0.15) is 11.2 Å². The molecule has 2 aromatic carbocycles. The van der Waals surface area contributed by atoms with Gasteiger partial charge in [-0.1, -0.05) is 51.0 Å². The first-order valence-electron chi connectivity index (χ1n) is 8.91. The minimum Gasteiger partial charge on any atom is -0.456 e. The van der Waals surface area contributed by atoms with Gasteiger partial charge in [-0.15, -0.1) is 0 Å². The normalized spacial score (nSPS) is 18.2. The predicted molar refractivity (Wildman–Crippen MR) is 72.4 cm³/mol. The summed E-state index contributed by atoms with van der Waals surface area (Å²) in [6.45, 7) is 5.51. The van der Waals surface area contributed by atoms with Crippen molar-refractivity contribution in [3.8, 4) is 0 Å². The molecule has 0 radical (unpaired) electrons. The van der Waals surface area contributed by atoms with E-state index in [1.54, 1.807) is 0 Å².